The van der Waals surface area contributed by atoms with Crippen LogP contribution in [0.3, 0.4) is 0 Å². The standard InChI is InChI=1S/C10H6N4S/c11-6-8-9(2-1-3-13-8)15-10-7-12-4-5-14-10/h1-5,7H. The van der Waals surface area contributed by atoms with Gasteiger partial charge in [0.1, 0.15) is 11.1 Å². The number of nitrogens with zero attached hydrogens (tertiary/aromatic N) is 4. The molecule has 0 spiro atoms. The molecule has 2 aromatic heterocycles. The molecule has 0 aliphatic carbocycles. The minimum Gasteiger partial charge on any atom is -0.260 e. The lowest BCUT2D eigenvalue weighted by Crippen LogP contribution is -1.86. The monoisotopic (exact) mass is 214 g/mol. The van der Waals surface area contributed by atoms with Crippen molar-refractivity contribution in [2.75, 3.05) is 0 Å². The highest BCUT2D eigenvalue weighted by Crippen LogP contribution is 2.26. The van der Waals surface area contributed by atoms with E-state index in [0.717, 1.165) is 9.92 Å². The number of nitriles is 1. The molecule has 2 aromatic rings. The van der Waals surface area contributed by atoms with Crippen LogP contribution in [-0.2, 0) is 0 Å². The first kappa shape index (κ1) is 9.62. The molecule has 0 fully saturated rings. The van der Waals surface area contributed by atoms with Crippen LogP contribution in [0.4, 0.5) is 0 Å². The van der Waals surface area contributed by atoms with Gasteiger partial charge in [0.25, 0.3) is 0 Å². The molecule has 5 heteroatoms. The van der Waals surface area contributed by atoms with Gasteiger partial charge in [0, 0.05) is 18.6 Å². The highest BCUT2D eigenvalue weighted by atomic mass is 32.2. The third-order valence-corrected chi connectivity index (χ3v) is 2.60. The fourth-order valence-corrected chi connectivity index (χ4v) is 1.80. The van der Waals surface area contributed by atoms with Crippen LogP contribution in [0.15, 0.2) is 46.8 Å². The Morgan fingerprint density at radius 3 is 2.87 bits per heavy atom. The Balaban J connectivity index is 2.29. The summed E-state index contributed by atoms with van der Waals surface area (Å²) in [4.78, 5) is 12.8. The fourth-order valence-electron chi connectivity index (χ4n) is 1.01. The van der Waals surface area contributed by atoms with Crippen LogP contribution in [0, 0.1) is 11.3 Å². The van der Waals surface area contributed by atoms with Crippen molar-refractivity contribution in [3.63, 3.8) is 0 Å². The zero-order valence-electron chi connectivity index (χ0n) is 7.66. The Morgan fingerprint density at radius 1 is 1.20 bits per heavy atom. The van der Waals surface area contributed by atoms with Crippen LogP contribution in [0.1, 0.15) is 5.69 Å². The molecule has 0 radical (unpaired) electrons. The molecule has 0 aliphatic heterocycles. The van der Waals surface area contributed by atoms with Crippen molar-refractivity contribution < 1.29 is 0 Å². The van der Waals surface area contributed by atoms with E-state index in [1.807, 2.05) is 12.1 Å². The van der Waals surface area contributed by atoms with E-state index in [-0.39, 0.29) is 0 Å². The molecular weight excluding hydrogens is 208 g/mol. The number of pyridine rings is 1. The van der Waals surface area contributed by atoms with E-state index < -0.39 is 0 Å². The van der Waals surface area contributed by atoms with E-state index in [2.05, 4.69) is 15.0 Å². The Morgan fingerprint density at radius 2 is 2.13 bits per heavy atom. The summed E-state index contributed by atoms with van der Waals surface area (Å²) in [5, 5.41) is 9.59. The summed E-state index contributed by atoms with van der Waals surface area (Å²) in [5.74, 6) is 0. The first-order valence-electron chi connectivity index (χ1n) is 4.19. The molecule has 0 N–H and O–H groups in total. The van der Waals surface area contributed by atoms with Crippen LogP contribution >= 0.6 is 11.8 Å². The summed E-state index contributed by atoms with van der Waals surface area (Å²) >= 11 is 1.38. The molecule has 0 saturated carbocycles. The average molecular weight is 214 g/mol. The Hall–Kier alpha value is -1.93. The number of hydrogen-bond acceptors (Lipinski definition) is 5. The second-order valence-electron chi connectivity index (χ2n) is 2.61. The quantitative estimate of drug-likeness (QED) is 0.764. The summed E-state index contributed by atoms with van der Waals surface area (Å²) in [6, 6.07) is 5.67. The second-order valence-corrected chi connectivity index (χ2v) is 3.67. The molecule has 0 aromatic carbocycles. The molecule has 4 nitrogen and oxygen atoms in total. The van der Waals surface area contributed by atoms with Gasteiger partial charge < -0.3 is 0 Å². The number of rotatable bonds is 2. The van der Waals surface area contributed by atoms with Crippen LogP contribution in [0.5, 0.6) is 0 Å². The predicted octanol–water partition coefficient (Wildman–Crippen LogP) is 1.89. The molecule has 0 atom stereocenters. The molecule has 0 bridgehead atoms. The Labute approximate surface area is 91.0 Å². The second kappa shape index (κ2) is 4.53. The smallest absolute Gasteiger partial charge is 0.154 e. The topological polar surface area (TPSA) is 62.5 Å². The van der Waals surface area contributed by atoms with E-state index in [1.54, 1.807) is 30.9 Å². The third-order valence-electron chi connectivity index (χ3n) is 1.63. The van der Waals surface area contributed by atoms with Crippen molar-refractivity contribution in [1.82, 2.24) is 15.0 Å². The summed E-state index contributed by atoms with van der Waals surface area (Å²) in [5.41, 5.74) is 0.410. The summed E-state index contributed by atoms with van der Waals surface area (Å²) in [6.07, 6.45) is 6.47. The molecule has 72 valence electrons. The lowest BCUT2D eigenvalue weighted by molar-refractivity contribution is 1.05. The van der Waals surface area contributed by atoms with E-state index >= 15 is 0 Å². The Kier molecular flexibility index (Phi) is 2.90. The van der Waals surface area contributed by atoms with Crippen molar-refractivity contribution in [2.24, 2.45) is 0 Å². The summed E-state index contributed by atoms with van der Waals surface area (Å²) in [7, 11) is 0. The first-order chi connectivity index (χ1) is 7.40. The van der Waals surface area contributed by atoms with Crippen LogP contribution < -0.4 is 0 Å². The highest BCUT2D eigenvalue weighted by Gasteiger charge is 2.04. The van der Waals surface area contributed by atoms with Gasteiger partial charge in [-0.3, -0.25) is 4.98 Å². The molecule has 0 amide bonds. The van der Waals surface area contributed by atoms with Crippen LogP contribution in [0.2, 0.25) is 0 Å². The van der Waals surface area contributed by atoms with Gasteiger partial charge in [-0.15, -0.1) is 0 Å². The molecule has 2 heterocycles. The maximum Gasteiger partial charge on any atom is 0.154 e. The van der Waals surface area contributed by atoms with Crippen LogP contribution in [0.25, 0.3) is 0 Å². The van der Waals surface area contributed by atoms with Gasteiger partial charge in [0.15, 0.2) is 5.69 Å². The van der Waals surface area contributed by atoms with Gasteiger partial charge in [-0.05, 0) is 12.1 Å². The summed E-state index contributed by atoms with van der Waals surface area (Å²) < 4.78 is 0. The zero-order valence-corrected chi connectivity index (χ0v) is 8.48. The zero-order chi connectivity index (χ0) is 10.5. The molecular formula is C10H6N4S. The van der Waals surface area contributed by atoms with Gasteiger partial charge in [0.2, 0.25) is 0 Å². The predicted molar refractivity (Wildman–Crippen MR) is 55.1 cm³/mol. The molecule has 2 rings (SSSR count). The van der Waals surface area contributed by atoms with Gasteiger partial charge in [-0.2, -0.15) is 5.26 Å². The SMILES string of the molecule is N#Cc1ncccc1Sc1cnccn1. The Bertz CT molecular complexity index is 492. The van der Waals surface area contributed by atoms with E-state index in [9.17, 15) is 0 Å². The summed E-state index contributed by atoms with van der Waals surface area (Å²) in [6.45, 7) is 0. The maximum absolute atomic E-state index is 8.83. The van der Waals surface area contributed by atoms with Crippen molar-refractivity contribution in [3.05, 3.63) is 42.6 Å². The highest BCUT2D eigenvalue weighted by molar-refractivity contribution is 7.99. The molecule has 15 heavy (non-hydrogen) atoms. The van der Waals surface area contributed by atoms with E-state index in [1.165, 1.54) is 11.8 Å². The maximum atomic E-state index is 8.83. The van der Waals surface area contributed by atoms with Crippen molar-refractivity contribution in [1.29, 1.82) is 5.26 Å². The lowest BCUT2D eigenvalue weighted by atomic mass is 10.4. The van der Waals surface area contributed by atoms with Gasteiger partial charge in [-0.25, -0.2) is 9.97 Å². The van der Waals surface area contributed by atoms with Crippen molar-refractivity contribution >= 4 is 11.8 Å². The van der Waals surface area contributed by atoms with Gasteiger partial charge in [-0.1, -0.05) is 11.8 Å². The minimum atomic E-state index is 0.410. The molecule has 0 aliphatic rings. The number of hydrogen-bond donors (Lipinski definition) is 0. The third kappa shape index (κ3) is 2.30. The molecule has 0 unspecified atom stereocenters. The minimum absolute atomic E-state index is 0.410. The largest absolute Gasteiger partial charge is 0.260 e. The average Bonchev–Trinajstić information content (AvgIpc) is 2.31. The fraction of sp³-hybridized carbons (Fsp3) is 0. The van der Waals surface area contributed by atoms with Gasteiger partial charge in [0.05, 0.1) is 11.1 Å². The van der Waals surface area contributed by atoms with Gasteiger partial charge >= 0.3 is 0 Å². The molecule has 0 saturated heterocycles. The first-order valence-corrected chi connectivity index (χ1v) is 5.01. The van der Waals surface area contributed by atoms with E-state index in [0.29, 0.717) is 5.69 Å². The van der Waals surface area contributed by atoms with Crippen molar-refractivity contribution in [2.45, 2.75) is 9.92 Å². The van der Waals surface area contributed by atoms with E-state index in [4.69, 9.17) is 5.26 Å². The normalized spacial score (nSPS) is 9.53. The van der Waals surface area contributed by atoms with Crippen LogP contribution in [-0.4, -0.2) is 15.0 Å². The number of aromatic nitrogens is 3. The van der Waals surface area contributed by atoms with Crippen molar-refractivity contribution in [3.8, 4) is 6.07 Å². The lowest BCUT2D eigenvalue weighted by Gasteiger charge is -2.00.